The minimum atomic E-state index is -0.376. The Balaban J connectivity index is 1.84. The zero-order chi connectivity index (χ0) is 17.8. The highest BCUT2D eigenvalue weighted by Crippen LogP contribution is 2.23. The third-order valence-corrected chi connectivity index (χ3v) is 4.96. The molecule has 1 atom stereocenters. The summed E-state index contributed by atoms with van der Waals surface area (Å²) in [4.78, 5) is 28.7. The number of amides is 1. The molecule has 0 bridgehead atoms. The number of hydrogen-bond donors (Lipinski definition) is 2. The molecule has 2 heterocycles. The van der Waals surface area contributed by atoms with Crippen LogP contribution in [0, 0.1) is 5.92 Å². The van der Waals surface area contributed by atoms with E-state index in [1.165, 1.54) is 0 Å². The van der Waals surface area contributed by atoms with Crippen molar-refractivity contribution in [1.29, 1.82) is 0 Å². The first-order valence-corrected chi connectivity index (χ1v) is 9.07. The minimum absolute atomic E-state index is 0.127. The Hall–Kier alpha value is -2.66. The first-order valence-electron chi connectivity index (χ1n) is 8.19. The first-order chi connectivity index (χ1) is 12.1. The molecule has 0 aliphatic rings. The molecule has 0 saturated heterocycles. The van der Waals surface area contributed by atoms with Gasteiger partial charge in [-0.3, -0.25) is 9.59 Å². The standard InChI is InChI=1S/C20H20N2O2S/c1-13(2)18(14-7-4-3-5-8-14)22-20(24)15-10-11-16(21-19(15)23)17-9-6-12-25-17/h3-13,18H,1-2H3,(H,21,23)(H,22,24)/t18-/m0/s1. The van der Waals surface area contributed by atoms with Crippen molar-refractivity contribution < 1.29 is 4.79 Å². The zero-order valence-corrected chi connectivity index (χ0v) is 15.0. The highest BCUT2D eigenvalue weighted by atomic mass is 32.1. The smallest absolute Gasteiger partial charge is 0.261 e. The maximum absolute atomic E-state index is 12.6. The Kier molecular flexibility index (Phi) is 5.14. The van der Waals surface area contributed by atoms with Crippen LogP contribution >= 0.6 is 11.3 Å². The molecular formula is C20H20N2O2S. The van der Waals surface area contributed by atoms with Crippen LogP contribution in [0.2, 0.25) is 0 Å². The molecule has 4 nitrogen and oxygen atoms in total. The maximum atomic E-state index is 12.6. The van der Waals surface area contributed by atoms with E-state index >= 15 is 0 Å². The second-order valence-corrected chi connectivity index (χ2v) is 7.15. The Labute approximate surface area is 150 Å². The van der Waals surface area contributed by atoms with Crippen molar-refractivity contribution in [2.24, 2.45) is 5.92 Å². The van der Waals surface area contributed by atoms with Gasteiger partial charge in [0, 0.05) is 0 Å². The number of nitrogens with one attached hydrogen (secondary N) is 2. The van der Waals surface area contributed by atoms with Gasteiger partial charge in [-0.2, -0.15) is 0 Å². The van der Waals surface area contributed by atoms with Gasteiger partial charge >= 0.3 is 0 Å². The number of H-pyrrole nitrogens is 1. The summed E-state index contributed by atoms with van der Waals surface area (Å²) in [6, 6.07) is 16.9. The fourth-order valence-electron chi connectivity index (χ4n) is 2.74. The number of carbonyl (C=O) groups is 1. The van der Waals surface area contributed by atoms with Gasteiger partial charge in [0.15, 0.2) is 0 Å². The van der Waals surface area contributed by atoms with Crippen molar-refractivity contribution in [3.05, 3.63) is 81.5 Å². The monoisotopic (exact) mass is 352 g/mol. The number of benzene rings is 1. The quantitative estimate of drug-likeness (QED) is 0.722. The molecule has 0 spiro atoms. The van der Waals surface area contributed by atoms with Crippen molar-refractivity contribution in [2.45, 2.75) is 19.9 Å². The molecule has 0 radical (unpaired) electrons. The Morgan fingerprint density at radius 2 is 1.80 bits per heavy atom. The van der Waals surface area contributed by atoms with E-state index in [1.54, 1.807) is 23.5 Å². The van der Waals surface area contributed by atoms with E-state index in [4.69, 9.17) is 0 Å². The number of aromatic nitrogens is 1. The van der Waals surface area contributed by atoms with Crippen molar-refractivity contribution in [3.63, 3.8) is 0 Å². The highest BCUT2D eigenvalue weighted by Gasteiger charge is 2.20. The summed E-state index contributed by atoms with van der Waals surface area (Å²) in [5, 5.41) is 4.93. The largest absolute Gasteiger partial charge is 0.345 e. The molecule has 2 N–H and O–H groups in total. The summed E-state index contributed by atoms with van der Waals surface area (Å²) in [7, 11) is 0. The Morgan fingerprint density at radius 3 is 2.40 bits per heavy atom. The van der Waals surface area contributed by atoms with Crippen LogP contribution in [0.5, 0.6) is 0 Å². The fraction of sp³-hybridized carbons (Fsp3) is 0.200. The van der Waals surface area contributed by atoms with E-state index in [2.05, 4.69) is 10.3 Å². The SMILES string of the molecule is CC(C)[C@H](NC(=O)c1ccc(-c2cccs2)[nH]c1=O)c1ccccc1. The van der Waals surface area contributed by atoms with Crippen LogP contribution in [-0.4, -0.2) is 10.9 Å². The number of carbonyl (C=O) groups excluding carboxylic acids is 1. The summed E-state index contributed by atoms with van der Waals surface area (Å²) < 4.78 is 0. The van der Waals surface area contributed by atoms with Crippen LogP contribution in [0.3, 0.4) is 0 Å². The van der Waals surface area contributed by atoms with Gasteiger partial charge < -0.3 is 10.3 Å². The second-order valence-electron chi connectivity index (χ2n) is 6.20. The molecule has 0 saturated carbocycles. The zero-order valence-electron chi connectivity index (χ0n) is 14.2. The molecule has 0 aliphatic heterocycles. The van der Waals surface area contributed by atoms with E-state index in [-0.39, 0.29) is 29.0 Å². The van der Waals surface area contributed by atoms with Crippen LogP contribution in [0.15, 0.2) is 64.8 Å². The molecule has 128 valence electrons. The van der Waals surface area contributed by atoms with E-state index in [9.17, 15) is 9.59 Å². The van der Waals surface area contributed by atoms with E-state index < -0.39 is 0 Å². The highest BCUT2D eigenvalue weighted by molar-refractivity contribution is 7.13. The Morgan fingerprint density at radius 1 is 1.04 bits per heavy atom. The number of hydrogen-bond acceptors (Lipinski definition) is 3. The molecule has 0 fully saturated rings. The lowest BCUT2D eigenvalue weighted by Gasteiger charge is -2.22. The van der Waals surface area contributed by atoms with Gasteiger partial charge in [-0.1, -0.05) is 50.2 Å². The summed E-state index contributed by atoms with van der Waals surface area (Å²) in [6.07, 6.45) is 0. The van der Waals surface area contributed by atoms with Crippen LogP contribution in [0.4, 0.5) is 0 Å². The molecular weight excluding hydrogens is 332 g/mol. The van der Waals surface area contributed by atoms with Gasteiger partial charge in [-0.15, -0.1) is 11.3 Å². The lowest BCUT2D eigenvalue weighted by Crippen LogP contribution is -2.35. The molecule has 5 heteroatoms. The summed E-state index contributed by atoms with van der Waals surface area (Å²) in [6.45, 7) is 4.09. The average molecular weight is 352 g/mol. The lowest BCUT2D eigenvalue weighted by molar-refractivity contribution is 0.0924. The van der Waals surface area contributed by atoms with Gasteiger partial charge in [0.2, 0.25) is 0 Å². The molecule has 0 aliphatic carbocycles. The van der Waals surface area contributed by atoms with E-state index in [1.807, 2.05) is 61.7 Å². The van der Waals surface area contributed by atoms with E-state index in [0.717, 1.165) is 16.1 Å². The molecule has 2 aromatic heterocycles. The summed E-state index contributed by atoms with van der Waals surface area (Å²) in [5.74, 6) is -0.155. The maximum Gasteiger partial charge on any atom is 0.261 e. The molecule has 3 aromatic rings. The van der Waals surface area contributed by atoms with Crippen molar-refractivity contribution >= 4 is 17.2 Å². The van der Waals surface area contributed by atoms with Crippen molar-refractivity contribution in [3.8, 4) is 10.6 Å². The second kappa shape index (κ2) is 7.49. The first kappa shape index (κ1) is 17.2. The molecule has 1 amide bonds. The predicted molar refractivity (Wildman–Crippen MR) is 102 cm³/mol. The number of pyridine rings is 1. The molecule has 3 rings (SSSR count). The third-order valence-electron chi connectivity index (χ3n) is 4.05. The fourth-order valence-corrected chi connectivity index (χ4v) is 3.45. The minimum Gasteiger partial charge on any atom is -0.345 e. The van der Waals surface area contributed by atoms with Gasteiger partial charge in [0.1, 0.15) is 5.56 Å². The van der Waals surface area contributed by atoms with Crippen molar-refractivity contribution in [2.75, 3.05) is 0 Å². The molecule has 0 unspecified atom stereocenters. The number of aromatic amines is 1. The summed E-state index contributed by atoms with van der Waals surface area (Å²) in [5.41, 5.74) is 1.50. The third kappa shape index (κ3) is 3.88. The average Bonchev–Trinajstić information content (AvgIpc) is 3.14. The van der Waals surface area contributed by atoms with Crippen LogP contribution in [0.1, 0.15) is 35.8 Å². The number of thiophene rings is 1. The van der Waals surface area contributed by atoms with Crippen LogP contribution in [0.25, 0.3) is 10.6 Å². The predicted octanol–water partition coefficient (Wildman–Crippen LogP) is 4.23. The lowest BCUT2D eigenvalue weighted by atomic mass is 9.96. The number of rotatable bonds is 5. The van der Waals surface area contributed by atoms with Gasteiger partial charge in [0.05, 0.1) is 16.6 Å². The topological polar surface area (TPSA) is 62.0 Å². The normalized spacial score (nSPS) is 12.1. The van der Waals surface area contributed by atoms with Crippen LogP contribution in [-0.2, 0) is 0 Å². The van der Waals surface area contributed by atoms with Gasteiger partial charge in [0.25, 0.3) is 11.5 Å². The summed E-state index contributed by atoms with van der Waals surface area (Å²) >= 11 is 1.54. The molecule has 1 aromatic carbocycles. The van der Waals surface area contributed by atoms with E-state index in [0.29, 0.717) is 0 Å². The van der Waals surface area contributed by atoms with Crippen molar-refractivity contribution in [1.82, 2.24) is 10.3 Å². The molecule has 25 heavy (non-hydrogen) atoms. The van der Waals surface area contributed by atoms with Gasteiger partial charge in [-0.25, -0.2) is 0 Å². The van der Waals surface area contributed by atoms with Crippen LogP contribution < -0.4 is 10.9 Å². The Bertz CT molecular complexity index is 899. The van der Waals surface area contributed by atoms with Gasteiger partial charge in [-0.05, 0) is 35.1 Å².